The molecule has 0 bridgehead atoms. The van der Waals surface area contributed by atoms with Crippen LogP contribution in [-0.2, 0) is 0 Å². The number of nitrogens with two attached hydrogens (primary N) is 2. The summed E-state index contributed by atoms with van der Waals surface area (Å²) >= 11 is 0. The first-order chi connectivity index (χ1) is 8.24. The molecule has 1 aliphatic heterocycles. The molecule has 2 atom stereocenters. The van der Waals surface area contributed by atoms with E-state index in [1.165, 1.54) is 25.7 Å². The van der Waals surface area contributed by atoms with Gasteiger partial charge in [0, 0.05) is 11.6 Å². The second kappa shape index (κ2) is 3.95. The molecule has 1 aromatic carbocycles. The summed E-state index contributed by atoms with van der Waals surface area (Å²) in [6.07, 6.45) is 5.03. The van der Waals surface area contributed by atoms with Crippen molar-refractivity contribution in [2.75, 3.05) is 11.5 Å². The lowest BCUT2D eigenvalue weighted by Gasteiger charge is -2.23. The Morgan fingerprint density at radius 3 is 2.71 bits per heavy atom. The van der Waals surface area contributed by atoms with Crippen LogP contribution in [0.15, 0.2) is 23.2 Å². The largest absolute Gasteiger partial charge is 0.397 e. The molecule has 0 saturated heterocycles. The van der Waals surface area contributed by atoms with Crippen molar-refractivity contribution in [2.45, 2.75) is 37.8 Å². The summed E-state index contributed by atoms with van der Waals surface area (Å²) in [6.45, 7) is 0. The fourth-order valence-corrected chi connectivity index (χ4v) is 2.69. The van der Waals surface area contributed by atoms with Crippen LogP contribution >= 0.6 is 0 Å². The van der Waals surface area contributed by atoms with E-state index in [4.69, 9.17) is 16.5 Å². The Labute approximate surface area is 101 Å². The number of fused-ring (bicyclic) bond motifs is 1. The number of nitrogens with zero attached hydrogens (tertiary/aromatic N) is 1. The van der Waals surface area contributed by atoms with Crippen LogP contribution in [-0.4, -0.2) is 17.9 Å². The van der Waals surface area contributed by atoms with Gasteiger partial charge in [-0.2, -0.15) is 0 Å². The number of nitrogen functional groups attached to an aromatic ring is 2. The Bertz CT molecular complexity index is 466. The molecule has 3 rings (SSSR count). The molecule has 1 aliphatic carbocycles. The maximum Gasteiger partial charge on any atom is 0.128 e. The minimum Gasteiger partial charge on any atom is -0.397 e. The van der Waals surface area contributed by atoms with Gasteiger partial charge in [0.2, 0.25) is 0 Å². The summed E-state index contributed by atoms with van der Waals surface area (Å²) in [5, 5.41) is 3.51. The molecule has 0 radical (unpaired) electrons. The maximum absolute atomic E-state index is 5.83. The number of hydrogen-bond donors (Lipinski definition) is 3. The van der Waals surface area contributed by atoms with Crippen molar-refractivity contribution in [3.05, 3.63) is 23.8 Å². The van der Waals surface area contributed by atoms with Crippen LogP contribution in [0.3, 0.4) is 0 Å². The third kappa shape index (κ3) is 1.84. The third-order valence-electron chi connectivity index (χ3n) is 3.71. The van der Waals surface area contributed by atoms with Gasteiger partial charge in [0.15, 0.2) is 0 Å². The van der Waals surface area contributed by atoms with E-state index in [1.807, 2.05) is 18.2 Å². The number of nitrogens with one attached hydrogen (secondary N) is 1. The normalized spacial score (nSPS) is 27.2. The predicted molar refractivity (Wildman–Crippen MR) is 71.0 cm³/mol. The van der Waals surface area contributed by atoms with Crippen LogP contribution in [0, 0.1) is 0 Å². The number of amidine groups is 1. The van der Waals surface area contributed by atoms with Gasteiger partial charge in [-0.05, 0) is 31.0 Å². The molecule has 1 heterocycles. The van der Waals surface area contributed by atoms with Crippen LogP contribution in [0.2, 0.25) is 0 Å². The van der Waals surface area contributed by atoms with Crippen LogP contribution in [0.25, 0.3) is 0 Å². The second-order valence-corrected chi connectivity index (χ2v) is 4.92. The molecule has 0 aromatic heterocycles. The molecule has 1 fully saturated rings. The Morgan fingerprint density at radius 1 is 1.12 bits per heavy atom. The van der Waals surface area contributed by atoms with Crippen LogP contribution < -0.4 is 16.8 Å². The molecule has 1 saturated carbocycles. The third-order valence-corrected chi connectivity index (χ3v) is 3.71. The first-order valence-electron chi connectivity index (χ1n) is 6.24. The quantitative estimate of drug-likeness (QED) is 0.640. The zero-order chi connectivity index (χ0) is 11.8. The van der Waals surface area contributed by atoms with Gasteiger partial charge in [-0.1, -0.05) is 12.8 Å². The standard InChI is InChI=1S/C13H18N4/c14-9-6-5-8(7-10(9)15)13-16-11-3-1-2-4-12(11)17-13/h5-7,11-12H,1-4,14-15H2,(H,16,17). The Hall–Kier alpha value is -1.71. The molecule has 4 nitrogen and oxygen atoms in total. The minimum atomic E-state index is 0.456. The first kappa shape index (κ1) is 10.4. The highest BCUT2D eigenvalue weighted by atomic mass is 15.1. The lowest BCUT2D eigenvalue weighted by Crippen LogP contribution is -2.37. The van der Waals surface area contributed by atoms with Gasteiger partial charge in [0.25, 0.3) is 0 Å². The van der Waals surface area contributed by atoms with E-state index in [9.17, 15) is 0 Å². The van der Waals surface area contributed by atoms with Crippen molar-refractivity contribution >= 4 is 17.2 Å². The molecule has 17 heavy (non-hydrogen) atoms. The van der Waals surface area contributed by atoms with E-state index in [-0.39, 0.29) is 0 Å². The fraction of sp³-hybridized carbons (Fsp3) is 0.462. The maximum atomic E-state index is 5.83. The molecule has 0 amide bonds. The van der Waals surface area contributed by atoms with Crippen LogP contribution in [0.1, 0.15) is 31.2 Å². The van der Waals surface area contributed by atoms with Gasteiger partial charge in [0.05, 0.1) is 17.4 Å². The Balaban J connectivity index is 1.87. The number of rotatable bonds is 1. The molecule has 90 valence electrons. The predicted octanol–water partition coefficient (Wildman–Crippen LogP) is 1.51. The van der Waals surface area contributed by atoms with E-state index in [0.29, 0.717) is 23.5 Å². The minimum absolute atomic E-state index is 0.456. The summed E-state index contributed by atoms with van der Waals surface area (Å²) in [5.41, 5.74) is 13.8. The zero-order valence-corrected chi connectivity index (χ0v) is 9.82. The molecular formula is C13H18N4. The van der Waals surface area contributed by atoms with Crippen molar-refractivity contribution in [1.82, 2.24) is 5.32 Å². The van der Waals surface area contributed by atoms with Gasteiger partial charge in [0.1, 0.15) is 5.84 Å². The summed E-state index contributed by atoms with van der Waals surface area (Å²) < 4.78 is 0. The average Bonchev–Trinajstić information content (AvgIpc) is 2.76. The van der Waals surface area contributed by atoms with Gasteiger partial charge >= 0.3 is 0 Å². The molecule has 2 unspecified atom stereocenters. The number of benzene rings is 1. The molecular weight excluding hydrogens is 212 g/mol. The van der Waals surface area contributed by atoms with E-state index < -0.39 is 0 Å². The monoisotopic (exact) mass is 230 g/mol. The highest BCUT2D eigenvalue weighted by Crippen LogP contribution is 2.27. The Kier molecular flexibility index (Phi) is 2.42. The summed E-state index contributed by atoms with van der Waals surface area (Å²) in [7, 11) is 0. The van der Waals surface area contributed by atoms with Gasteiger partial charge in [-0.15, -0.1) is 0 Å². The molecule has 5 N–H and O–H groups in total. The lowest BCUT2D eigenvalue weighted by molar-refractivity contribution is 0.385. The first-order valence-corrected chi connectivity index (χ1v) is 6.24. The van der Waals surface area contributed by atoms with Crippen molar-refractivity contribution in [1.29, 1.82) is 0 Å². The summed E-state index contributed by atoms with van der Waals surface area (Å²) in [6, 6.07) is 6.71. The highest BCUT2D eigenvalue weighted by Gasteiger charge is 2.31. The van der Waals surface area contributed by atoms with Gasteiger partial charge in [-0.3, -0.25) is 4.99 Å². The SMILES string of the molecule is Nc1ccc(C2=NC3CCCCC3N2)cc1N. The second-order valence-electron chi connectivity index (χ2n) is 4.92. The van der Waals surface area contributed by atoms with Crippen molar-refractivity contribution in [2.24, 2.45) is 4.99 Å². The van der Waals surface area contributed by atoms with E-state index in [1.54, 1.807) is 0 Å². The average molecular weight is 230 g/mol. The molecule has 2 aliphatic rings. The molecule has 1 aromatic rings. The zero-order valence-electron chi connectivity index (χ0n) is 9.82. The number of anilines is 2. The Morgan fingerprint density at radius 2 is 1.94 bits per heavy atom. The van der Waals surface area contributed by atoms with E-state index >= 15 is 0 Å². The van der Waals surface area contributed by atoms with E-state index in [0.717, 1.165) is 11.4 Å². The number of aliphatic imine (C=N–C) groups is 1. The summed E-state index contributed by atoms with van der Waals surface area (Å²) in [5.74, 6) is 0.980. The highest BCUT2D eigenvalue weighted by molar-refractivity contribution is 6.01. The van der Waals surface area contributed by atoms with Gasteiger partial charge < -0.3 is 16.8 Å². The van der Waals surface area contributed by atoms with E-state index in [2.05, 4.69) is 5.32 Å². The van der Waals surface area contributed by atoms with Crippen LogP contribution in [0.5, 0.6) is 0 Å². The van der Waals surface area contributed by atoms with Crippen molar-refractivity contribution in [3.8, 4) is 0 Å². The summed E-state index contributed by atoms with van der Waals surface area (Å²) in [4.78, 5) is 4.76. The lowest BCUT2D eigenvalue weighted by atomic mass is 9.92. The topological polar surface area (TPSA) is 76.4 Å². The smallest absolute Gasteiger partial charge is 0.128 e. The van der Waals surface area contributed by atoms with Crippen molar-refractivity contribution < 1.29 is 0 Å². The fourth-order valence-electron chi connectivity index (χ4n) is 2.69. The van der Waals surface area contributed by atoms with Gasteiger partial charge in [-0.25, -0.2) is 0 Å². The van der Waals surface area contributed by atoms with Crippen LogP contribution in [0.4, 0.5) is 11.4 Å². The molecule has 0 spiro atoms. The number of hydrogen-bond acceptors (Lipinski definition) is 4. The molecule has 4 heteroatoms. The van der Waals surface area contributed by atoms with Crippen molar-refractivity contribution in [3.63, 3.8) is 0 Å².